The van der Waals surface area contributed by atoms with Crippen LogP contribution in [-0.2, 0) is 6.54 Å². The van der Waals surface area contributed by atoms with Gasteiger partial charge in [-0.15, -0.1) is 0 Å². The van der Waals surface area contributed by atoms with Gasteiger partial charge in [0.15, 0.2) is 0 Å². The summed E-state index contributed by atoms with van der Waals surface area (Å²) in [6, 6.07) is 18.1. The third kappa shape index (κ3) is 4.60. The topological polar surface area (TPSA) is 50.2 Å². The lowest BCUT2D eigenvalue weighted by atomic mass is 10.1. The minimum absolute atomic E-state index is 0.0153. The first-order valence-electron chi connectivity index (χ1n) is 9.54. The SMILES string of the molecule is Cc1ccc(C(C)N(C)C(=O)Nc2cccc(Cn3nc(C)cc3C)c2)cc1. The number of aromatic nitrogens is 2. The van der Waals surface area contributed by atoms with Crippen molar-refractivity contribution in [1.29, 1.82) is 0 Å². The van der Waals surface area contributed by atoms with Gasteiger partial charge in [-0.05, 0) is 57.0 Å². The van der Waals surface area contributed by atoms with E-state index < -0.39 is 0 Å². The highest BCUT2D eigenvalue weighted by atomic mass is 16.2. The minimum atomic E-state index is -0.128. The molecule has 0 radical (unpaired) electrons. The number of anilines is 1. The van der Waals surface area contributed by atoms with Crippen LogP contribution in [0.25, 0.3) is 0 Å². The lowest BCUT2D eigenvalue weighted by Crippen LogP contribution is -2.33. The van der Waals surface area contributed by atoms with Gasteiger partial charge in [-0.2, -0.15) is 5.10 Å². The van der Waals surface area contributed by atoms with E-state index in [9.17, 15) is 4.79 Å². The Labute approximate surface area is 167 Å². The normalized spacial score (nSPS) is 11.9. The molecule has 2 aromatic carbocycles. The number of hydrogen-bond acceptors (Lipinski definition) is 2. The lowest BCUT2D eigenvalue weighted by molar-refractivity contribution is 0.208. The Bertz CT molecular complexity index is 959. The zero-order chi connectivity index (χ0) is 20.3. The molecule has 3 aromatic rings. The zero-order valence-electron chi connectivity index (χ0n) is 17.2. The van der Waals surface area contributed by atoms with Gasteiger partial charge in [0.1, 0.15) is 0 Å². The van der Waals surface area contributed by atoms with Gasteiger partial charge < -0.3 is 10.2 Å². The lowest BCUT2D eigenvalue weighted by Gasteiger charge is -2.26. The molecule has 5 heteroatoms. The molecule has 1 heterocycles. The van der Waals surface area contributed by atoms with Crippen LogP contribution in [0.2, 0.25) is 0 Å². The Morgan fingerprint density at radius 3 is 2.46 bits per heavy atom. The fourth-order valence-corrected chi connectivity index (χ4v) is 3.21. The van der Waals surface area contributed by atoms with Crippen LogP contribution in [-0.4, -0.2) is 27.8 Å². The Morgan fingerprint density at radius 2 is 1.82 bits per heavy atom. The quantitative estimate of drug-likeness (QED) is 0.675. The number of aryl methyl sites for hydroxylation is 3. The van der Waals surface area contributed by atoms with Crippen molar-refractivity contribution in [2.24, 2.45) is 0 Å². The highest BCUT2D eigenvalue weighted by Gasteiger charge is 2.17. The molecule has 146 valence electrons. The molecule has 1 atom stereocenters. The Kier molecular flexibility index (Phi) is 5.83. The van der Waals surface area contributed by atoms with Crippen LogP contribution in [0.1, 0.15) is 41.0 Å². The summed E-state index contributed by atoms with van der Waals surface area (Å²) in [6.45, 7) is 8.81. The molecule has 0 saturated carbocycles. The first kappa shape index (κ1) is 19.7. The molecule has 0 fully saturated rings. The maximum absolute atomic E-state index is 12.7. The van der Waals surface area contributed by atoms with Gasteiger partial charge in [0, 0.05) is 18.4 Å². The molecule has 1 N–H and O–H groups in total. The van der Waals surface area contributed by atoms with Crippen molar-refractivity contribution in [3.63, 3.8) is 0 Å². The van der Waals surface area contributed by atoms with Crippen LogP contribution in [0.3, 0.4) is 0 Å². The molecule has 0 aliphatic rings. The molecule has 0 spiro atoms. The molecule has 0 aliphatic carbocycles. The predicted molar refractivity (Wildman–Crippen MR) is 114 cm³/mol. The average Bonchev–Trinajstić information content (AvgIpc) is 2.98. The van der Waals surface area contributed by atoms with Gasteiger partial charge in [-0.1, -0.05) is 42.0 Å². The highest BCUT2D eigenvalue weighted by Crippen LogP contribution is 2.21. The van der Waals surface area contributed by atoms with E-state index in [1.807, 2.05) is 56.8 Å². The largest absolute Gasteiger partial charge is 0.322 e. The average molecular weight is 377 g/mol. The second kappa shape index (κ2) is 8.30. The second-order valence-electron chi connectivity index (χ2n) is 7.41. The molecule has 3 rings (SSSR count). The monoisotopic (exact) mass is 376 g/mol. The van der Waals surface area contributed by atoms with Gasteiger partial charge in [0.25, 0.3) is 0 Å². The van der Waals surface area contributed by atoms with E-state index in [0.717, 1.165) is 28.2 Å². The van der Waals surface area contributed by atoms with E-state index in [0.29, 0.717) is 6.54 Å². The number of carbonyl (C=O) groups excluding carboxylic acids is 1. The number of urea groups is 1. The number of amides is 2. The second-order valence-corrected chi connectivity index (χ2v) is 7.41. The summed E-state index contributed by atoms with van der Waals surface area (Å²) in [7, 11) is 1.82. The maximum atomic E-state index is 12.7. The highest BCUT2D eigenvalue weighted by molar-refractivity contribution is 5.89. The summed E-state index contributed by atoms with van der Waals surface area (Å²) in [5.41, 5.74) is 6.33. The maximum Gasteiger partial charge on any atom is 0.322 e. The van der Waals surface area contributed by atoms with E-state index in [-0.39, 0.29) is 12.1 Å². The number of nitrogens with one attached hydrogen (secondary N) is 1. The summed E-state index contributed by atoms with van der Waals surface area (Å²) in [6.07, 6.45) is 0. The summed E-state index contributed by atoms with van der Waals surface area (Å²) in [5.74, 6) is 0. The van der Waals surface area contributed by atoms with Crippen LogP contribution in [0.5, 0.6) is 0 Å². The first-order valence-corrected chi connectivity index (χ1v) is 9.54. The van der Waals surface area contributed by atoms with Gasteiger partial charge in [0.2, 0.25) is 0 Å². The summed E-state index contributed by atoms with van der Waals surface area (Å²) < 4.78 is 1.97. The third-order valence-corrected chi connectivity index (χ3v) is 5.07. The van der Waals surface area contributed by atoms with Crippen LogP contribution in [0, 0.1) is 20.8 Å². The molecule has 1 unspecified atom stereocenters. The van der Waals surface area contributed by atoms with Crippen molar-refractivity contribution in [1.82, 2.24) is 14.7 Å². The van der Waals surface area contributed by atoms with Crippen LogP contribution < -0.4 is 5.32 Å². The van der Waals surface area contributed by atoms with E-state index in [1.54, 1.807) is 4.90 Å². The Balaban J connectivity index is 1.68. The smallest absolute Gasteiger partial charge is 0.321 e. The van der Waals surface area contributed by atoms with Gasteiger partial charge >= 0.3 is 6.03 Å². The molecular weight excluding hydrogens is 348 g/mol. The molecule has 0 saturated heterocycles. The van der Waals surface area contributed by atoms with Gasteiger partial charge in [0.05, 0.1) is 18.3 Å². The number of hydrogen-bond donors (Lipinski definition) is 1. The van der Waals surface area contributed by atoms with Crippen molar-refractivity contribution < 1.29 is 4.79 Å². The zero-order valence-corrected chi connectivity index (χ0v) is 17.2. The standard InChI is InChI=1S/C23H28N4O/c1-16-9-11-21(12-10-16)19(4)26(5)23(28)24-22-8-6-7-20(14-22)15-27-18(3)13-17(2)25-27/h6-14,19H,15H2,1-5H3,(H,24,28). The van der Waals surface area contributed by atoms with Crippen molar-refractivity contribution in [3.8, 4) is 0 Å². The summed E-state index contributed by atoms with van der Waals surface area (Å²) >= 11 is 0. The summed E-state index contributed by atoms with van der Waals surface area (Å²) in [5, 5.41) is 7.52. The molecule has 0 bridgehead atoms. The number of benzene rings is 2. The first-order chi connectivity index (χ1) is 13.3. The molecular formula is C23H28N4O. The fourth-order valence-electron chi connectivity index (χ4n) is 3.21. The van der Waals surface area contributed by atoms with E-state index in [4.69, 9.17) is 0 Å². The summed E-state index contributed by atoms with van der Waals surface area (Å²) in [4.78, 5) is 14.4. The van der Waals surface area contributed by atoms with Crippen molar-refractivity contribution in [3.05, 3.63) is 82.7 Å². The molecule has 1 aromatic heterocycles. The molecule has 2 amide bonds. The number of nitrogens with zero attached hydrogens (tertiary/aromatic N) is 3. The van der Waals surface area contributed by atoms with E-state index in [1.165, 1.54) is 5.56 Å². The van der Waals surface area contributed by atoms with Crippen molar-refractivity contribution in [2.75, 3.05) is 12.4 Å². The van der Waals surface area contributed by atoms with E-state index in [2.05, 4.69) is 47.7 Å². The molecule has 28 heavy (non-hydrogen) atoms. The van der Waals surface area contributed by atoms with Crippen LogP contribution in [0.4, 0.5) is 10.5 Å². The van der Waals surface area contributed by atoms with Crippen LogP contribution >= 0.6 is 0 Å². The van der Waals surface area contributed by atoms with E-state index >= 15 is 0 Å². The number of rotatable bonds is 5. The van der Waals surface area contributed by atoms with Gasteiger partial charge in [-0.25, -0.2) is 4.79 Å². The van der Waals surface area contributed by atoms with Crippen LogP contribution in [0.15, 0.2) is 54.6 Å². The van der Waals surface area contributed by atoms with Crippen molar-refractivity contribution >= 4 is 11.7 Å². The third-order valence-electron chi connectivity index (χ3n) is 5.07. The van der Waals surface area contributed by atoms with Gasteiger partial charge in [-0.3, -0.25) is 4.68 Å². The number of carbonyl (C=O) groups is 1. The Morgan fingerprint density at radius 1 is 1.11 bits per heavy atom. The Hall–Kier alpha value is -3.08. The fraction of sp³-hybridized carbons (Fsp3) is 0.304. The molecule has 5 nitrogen and oxygen atoms in total. The molecule has 0 aliphatic heterocycles. The minimum Gasteiger partial charge on any atom is -0.321 e. The predicted octanol–water partition coefficient (Wildman–Crippen LogP) is 5.08. The van der Waals surface area contributed by atoms with Crippen molar-refractivity contribution in [2.45, 2.75) is 40.3 Å².